The predicted octanol–water partition coefficient (Wildman–Crippen LogP) is 3.68. The minimum Gasteiger partial charge on any atom is -0.465 e. The summed E-state index contributed by atoms with van der Waals surface area (Å²) in [4.78, 5) is 31.4. The standard InChI is InChI=1S/C25H35ClN4O4/c1-18(32)23-24(29(2)17-22(33)27-13-5-14-31)28-25(34-15-12-19-6-3-4-7-19)30(23)16-20-8-10-21(26)11-9-20/h8-11,19,31H,3-7,12-17H2,1-2H3,(H,27,33). The molecule has 0 aliphatic heterocycles. The number of aromatic nitrogens is 2. The largest absolute Gasteiger partial charge is 0.465 e. The zero-order valence-electron chi connectivity index (χ0n) is 20.1. The van der Waals surface area contributed by atoms with Crippen molar-refractivity contribution in [2.24, 2.45) is 5.92 Å². The number of aliphatic hydroxyl groups is 1. The molecule has 0 atom stereocenters. The van der Waals surface area contributed by atoms with Crippen molar-refractivity contribution in [3.8, 4) is 6.01 Å². The van der Waals surface area contributed by atoms with Gasteiger partial charge in [0.1, 0.15) is 5.69 Å². The van der Waals surface area contributed by atoms with Gasteiger partial charge in [-0.3, -0.25) is 14.2 Å². The quantitative estimate of drug-likeness (QED) is 0.328. The first-order valence-corrected chi connectivity index (χ1v) is 12.3. The summed E-state index contributed by atoms with van der Waals surface area (Å²) in [7, 11) is 1.73. The predicted molar refractivity (Wildman–Crippen MR) is 133 cm³/mol. The Bertz CT molecular complexity index is 955. The summed E-state index contributed by atoms with van der Waals surface area (Å²) in [5.74, 6) is 0.724. The van der Waals surface area contributed by atoms with Crippen molar-refractivity contribution in [3.63, 3.8) is 0 Å². The highest BCUT2D eigenvalue weighted by molar-refractivity contribution is 6.30. The molecule has 9 heteroatoms. The maximum atomic E-state index is 12.7. The molecule has 1 aliphatic carbocycles. The van der Waals surface area contributed by atoms with E-state index in [-0.39, 0.29) is 24.8 Å². The molecule has 186 valence electrons. The van der Waals surface area contributed by atoms with Crippen LogP contribution in [0.5, 0.6) is 6.01 Å². The van der Waals surface area contributed by atoms with Gasteiger partial charge in [-0.25, -0.2) is 0 Å². The molecule has 0 saturated heterocycles. The molecule has 2 N–H and O–H groups in total. The summed E-state index contributed by atoms with van der Waals surface area (Å²) < 4.78 is 7.91. The van der Waals surface area contributed by atoms with Crippen LogP contribution in [-0.4, -0.2) is 59.7 Å². The lowest BCUT2D eigenvalue weighted by atomic mass is 10.1. The van der Waals surface area contributed by atoms with Crippen molar-refractivity contribution in [1.82, 2.24) is 14.9 Å². The molecule has 8 nitrogen and oxygen atoms in total. The summed E-state index contributed by atoms with van der Waals surface area (Å²) in [6.45, 7) is 2.87. The molecule has 0 bridgehead atoms. The molecule has 1 fully saturated rings. The highest BCUT2D eigenvalue weighted by atomic mass is 35.5. The van der Waals surface area contributed by atoms with E-state index in [0.29, 0.717) is 54.6 Å². The van der Waals surface area contributed by atoms with Crippen LogP contribution in [0.1, 0.15) is 61.5 Å². The smallest absolute Gasteiger partial charge is 0.299 e. The van der Waals surface area contributed by atoms with Crippen molar-refractivity contribution in [2.45, 2.75) is 52.0 Å². The van der Waals surface area contributed by atoms with Crippen LogP contribution in [0.2, 0.25) is 5.02 Å². The van der Waals surface area contributed by atoms with Gasteiger partial charge in [0.05, 0.1) is 19.7 Å². The zero-order chi connectivity index (χ0) is 24.5. The number of hydrogen-bond donors (Lipinski definition) is 2. The van der Waals surface area contributed by atoms with Gasteiger partial charge in [-0.2, -0.15) is 4.98 Å². The highest BCUT2D eigenvalue weighted by Gasteiger charge is 2.26. The Kier molecular flexibility index (Phi) is 9.77. The maximum absolute atomic E-state index is 12.7. The normalized spacial score (nSPS) is 13.8. The van der Waals surface area contributed by atoms with Crippen LogP contribution >= 0.6 is 11.6 Å². The number of nitrogens with zero attached hydrogens (tertiary/aromatic N) is 3. The first-order valence-electron chi connectivity index (χ1n) is 12.0. The molecule has 1 heterocycles. The molecule has 1 aromatic carbocycles. The van der Waals surface area contributed by atoms with Crippen molar-refractivity contribution in [1.29, 1.82) is 0 Å². The molecule has 1 aliphatic rings. The summed E-state index contributed by atoms with van der Waals surface area (Å²) in [6.07, 6.45) is 6.48. The van der Waals surface area contributed by atoms with E-state index in [1.54, 1.807) is 16.5 Å². The van der Waals surface area contributed by atoms with E-state index >= 15 is 0 Å². The lowest BCUT2D eigenvalue weighted by Gasteiger charge is -2.18. The summed E-state index contributed by atoms with van der Waals surface area (Å²) in [6, 6.07) is 7.82. The molecule has 2 aromatic rings. The minimum absolute atomic E-state index is 0.0151. The third-order valence-corrected chi connectivity index (χ3v) is 6.38. The maximum Gasteiger partial charge on any atom is 0.299 e. The number of nitrogens with one attached hydrogen (secondary N) is 1. The molecule has 34 heavy (non-hydrogen) atoms. The average molecular weight is 491 g/mol. The molecule has 1 amide bonds. The molecule has 0 radical (unpaired) electrons. The Morgan fingerprint density at radius 1 is 1.26 bits per heavy atom. The number of carbonyl (C=O) groups is 2. The van der Waals surface area contributed by atoms with Gasteiger partial charge in [0, 0.05) is 32.1 Å². The zero-order valence-corrected chi connectivity index (χ0v) is 20.8. The van der Waals surface area contributed by atoms with E-state index in [9.17, 15) is 9.59 Å². The highest BCUT2D eigenvalue weighted by Crippen LogP contribution is 2.30. The van der Waals surface area contributed by atoms with Crippen LogP contribution in [0.4, 0.5) is 5.82 Å². The molecule has 0 unspecified atom stereocenters. The molecule has 3 rings (SSSR count). The van der Waals surface area contributed by atoms with Gasteiger partial charge in [-0.05, 0) is 36.5 Å². The van der Waals surface area contributed by atoms with Crippen LogP contribution in [-0.2, 0) is 11.3 Å². The van der Waals surface area contributed by atoms with E-state index in [0.717, 1.165) is 12.0 Å². The summed E-state index contributed by atoms with van der Waals surface area (Å²) in [5.41, 5.74) is 1.36. The van der Waals surface area contributed by atoms with Crippen molar-refractivity contribution >= 4 is 29.1 Å². The number of imidazole rings is 1. The monoisotopic (exact) mass is 490 g/mol. The second kappa shape index (κ2) is 12.8. The topological polar surface area (TPSA) is 96.7 Å². The Balaban J connectivity index is 1.84. The van der Waals surface area contributed by atoms with E-state index < -0.39 is 0 Å². The van der Waals surface area contributed by atoms with Gasteiger partial charge in [-0.1, -0.05) is 49.4 Å². The number of aliphatic hydroxyl groups excluding tert-OH is 1. The fourth-order valence-corrected chi connectivity index (χ4v) is 4.46. The van der Waals surface area contributed by atoms with Gasteiger partial charge in [-0.15, -0.1) is 0 Å². The first-order chi connectivity index (χ1) is 16.4. The lowest BCUT2D eigenvalue weighted by molar-refractivity contribution is -0.119. The number of likely N-dealkylation sites (N-methyl/N-ethyl adjacent to an activating group) is 1. The number of amides is 1. The number of halogens is 1. The Labute approximate surface area is 206 Å². The van der Waals surface area contributed by atoms with Gasteiger partial charge in [0.25, 0.3) is 6.01 Å². The van der Waals surface area contributed by atoms with Gasteiger partial charge < -0.3 is 20.1 Å². The van der Waals surface area contributed by atoms with Crippen molar-refractivity contribution in [3.05, 3.63) is 40.5 Å². The molecular formula is C25H35ClN4O4. The third kappa shape index (κ3) is 7.21. The fourth-order valence-electron chi connectivity index (χ4n) is 4.33. The number of anilines is 1. The summed E-state index contributed by atoms with van der Waals surface area (Å²) in [5, 5.41) is 12.3. The van der Waals surface area contributed by atoms with Crippen LogP contribution in [0.15, 0.2) is 24.3 Å². The number of benzene rings is 1. The number of ketones is 1. The number of ether oxygens (including phenoxy) is 1. The molecule has 0 spiro atoms. The Morgan fingerprint density at radius 2 is 1.97 bits per heavy atom. The minimum atomic E-state index is -0.207. The van der Waals surface area contributed by atoms with Crippen LogP contribution in [0.3, 0.4) is 0 Å². The van der Waals surface area contributed by atoms with E-state index in [1.165, 1.54) is 32.6 Å². The Morgan fingerprint density at radius 3 is 2.62 bits per heavy atom. The number of carbonyl (C=O) groups excluding carboxylic acids is 2. The molecule has 1 saturated carbocycles. The van der Waals surface area contributed by atoms with Crippen LogP contribution in [0, 0.1) is 5.92 Å². The number of rotatable bonds is 13. The Hall–Kier alpha value is -2.58. The third-order valence-electron chi connectivity index (χ3n) is 6.13. The summed E-state index contributed by atoms with van der Waals surface area (Å²) >= 11 is 6.04. The van der Waals surface area contributed by atoms with Gasteiger partial charge >= 0.3 is 0 Å². The molecular weight excluding hydrogens is 456 g/mol. The van der Waals surface area contributed by atoms with Crippen molar-refractivity contribution in [2.75, 3.05) is 38.3 Å². The van der Waals surface area contributed by atoms with E-state index in [1.807, 2.05) is 24.3 Å². The molecule has 1 aromatic heterocycles. The SMILES string of the molecule is CC(=O)c1c(N(C)CC(=O)NCCCO)nc(OCCC2CCCC2)n1Cc1ccc(Cl)cc1. The number of hydrogen-bond acceptors (Lipinski definition) is 6. The first kappa shape index (κ1) is 26.0. The van der Waals surface area contributed by atoms with Crippen LogP contribution < -0.4 is 15.0 Å². The second-order valence-electron chi connectivity index (χ2n) is 8.91. The van der Waals surface area contributed by atoms with E-state index in [4.69, 9.17) is 21.4 Å². The lowest BCUT2D eigenvalue weighted by Crippen LogP contribution is -2.36. The van der Waals surface area contributed by atoms with Crippen molar-refractivity contribution < 1.29 is 19.4 Å². The van der Waals surface area contributed by atoms with Gasteiger partial charge in [0.15, 0.2) is 11.6 Å². The fraction of sp³-hybridized carbons (Fsp3) is 0.560. The second-order valence-corrected chi connectivity index (χ2v) is 9.34. The van der Waals surface area contributed by atoms with Gasteiger partial charge in [0.2, 0.25) is 5.91 Å². The van der Waals surface area contributed by atoms with Crippen LogP contribution in [0.25, 0.3) is 0 Å². The number of Topliss-reactive ketones (excluding diaryl/α,β-unsaturated/α-hetero) is 1. The van der Waals surface area contributed by atoms with E-state index in [2.05, 4.69) is 10.3 Å². The average Bonchev–Trinajstić information content (AvgIpc) is 3.44.